The molecule has 37 heavy (non-hydrogen) atoms. The molecule has 2 aromatic carbocycles. The Kier molecular flexibility index (Phi) is 8.17. The molecule has 0 amide bonds. The van der Waals surface area contributed by atoms with Gasteiger partial charge in [-0.15, -0.1) is 0 Å². The molecule has 2 aromatic rings. The van der Waals surface area contributed by atoms with Crippen LogP contribution in [0.2, 0.25) is 0 Å². The molecule has 0 radical (unpaired) electrons. The van der Waals surface area contributed by atoms with Crippen molar-refractivity contribution in [3.8, 4) is 0 Å². The van der Waals surface area contributed by atoms with Crippen molar-refractivity contribution in [1.29, 1.82) is 0 Å². The Bertz CT molecular complexity index is 1110. The number of ether oxygens (including phenoxy) is 2. The number of hydrogen-bond acceptors (Lipinski definition) is 6. The zero-order valence-electron chi connectivity index (χ0n) is 20.1. The maximum absolute atomic E-state index is 13.9. The van der Waals surface area contributed by atoms with Gasteiger partial charge in [-0.2, -0.15) is 13.2 Å². The molecule has 2 fully saturated rings. The summed E-state index contributed by atoms with van der Waals surface area (Å²) in [5, 5.41) is 14.8. The first-order valence-electron chi connectivity index (χ1n) is 12.0. The lowest BCUT2D eigenvalue weighted by molar-refractivity contribution is -0.159. The van der Waals surface area contributed by atoms with Crippen LogP contribution in [0.15, 0.2) is 48.5 Å². The number of hydrogen-bond donors (Lipinski definition) is 2. The Hall–Kier alpha value is -2.99. The van der Waals surface area contributed by atoms with Gasteiger partial charge >= 0.3 is 18.1 Å². The Morgan fingerprint density at radius 1 is 0.919 bits per heavy atom. The minimum Gasteiger partial charge on any atom is -0.473 e. The SMILES string of the molecule is FC(F)(F)c1ccccc1C12CN(CCCN3CCOCC3)CC(O1)c1ccccc12.O=C(O)C(=O)O. The van der Waals surface area contributed by atoms with E-state index in [0.717, 1.165) is 56.9 Å². The van der Waals surface area contributed by atoms with E-state index >= 15 is 0 Å². The molecular formula is C26H29F3N2O6. The molecule has 2 N–H and O–H groups in total. The highest BCUT2D eigenvalue weighted by atomic mass is 19.4. The lowest BCUT2D eigenvalue weighted by Crippen LogP contribution is -2.49. The highest BCUT2D eigenvalue weighted by molar-refractivity contribution is 6.27. The molecule has 3 aliphatic rings. The Labute approximate surface area is 212 Å². The first kappa shape index (κ1) is 27.1. The molecule has 8 nitrogen and oxygen atoms in total. The summed E-state index contributed by atoms with van der Waals surface area (Å²) >= 11 is 0. The van der Waals surface area contributed by atoms with E-state index in [-0.39, 0.29) is 11.7 Å². The molecule has 0 aliphatic carbocycles. The minimum atomic E-state index is -4.43. The normalized spacial score (nSPS) is 23.6. The van der Waals surface area contributed by atoms with E-state index in [1.807, 2.05) is 24.3 Å². The number of rotatable bonds is 5. The lowest BCUT2D eigenvalue weighted by atomic mass is 9.82. The van der Waals surface area contributed by atoms with Crippen molar-refractivity contribution in [2.24, 2.45) is 0 Å². The first-order chi connectivity index (χ1) is 17.6. The van der Waals surface area contributed by atoms with Crippen molar-refractivity contribution in [1.82, 2.24) is 9.80 Å². The summed E-state index contributed by atoms with van der Waals surface area (Å²) in [5.41, 5.74) is 0.392. The van der Waals surface area contributed by atoms with Crippen LogP contribution < -0.4 is 0 Å². The van der Waals surface area contributed by atoms with Gasteiger partial charge in [0, 0.05) is 31.7 Å². The van der Waals surface area contributed by atoms with Gasteiger partial charge in [0.05, 0.1) is 24.9 Å². The van der Waals surface area contributed by atoms with Crippen LogP contribution in [0, 0.1) is 0 Å². The molecule has 0 spiro atoms. The van der Waals surface area contributed by atoms with Gasteiger partial charge in [0.25, 0.3) is 0 Å². The standard InChI is InChI=1S/C24H27F3N2O2.C2H2O4/c25-24(26,27)21-9-4-3-8-20(21)23-17-29(11-5-10-28-12-14-30-15-13-28)16-22(31-23)18-6-1-2-7-19(18)23;3-1(4)2(5)6/h1-4,6-9,22H,5,10-17H2;(H,3,4)(H,5,6). The van der Waals surface area contributed by atoms with E-state index in [9.17, 15) is 13.2 Å². The number of fused-ring (bicyclic) bond motifs is 5. The second-order valence-electron chi connectivity index (χ2n) is 9.22. The number of halogens is 3. The van der Waals surface area contributed by atoms with Gasteiger partial charge < -0.3 is 19.7 Å². The van der Waals surface area contributed by atoms with Gasteiger partial charge in [-0.05, 0) is 36.7 Å². The lowest BCUT2D eigenvalue weighted by Gasteiger charge is -2.42. The van der Waals surface area contributed by atoms with Crippen LogP contribution in [0.4, 0.5) is 13.2 Å². The van der Waals surface area contributed by atoms with Crippen molar-refractivity contribution in [2.75, 3.05) is 52.5 Å². The average Bonchev–Trinajstić information content (AvgIpc) is 3.12. The summed E-state index contributed by atoms with van der Waals surface area (Å²) < 4.78 is 53.6. The van der Waals surface area contributed by atoms with Gasteiger partial charge in [-0.25, -0.2) is 9.59 Å². The number of aliphatic carboxylic acids is 2. The van der Waals surface area contributed by atoms with E-state index in [0.29, 0.717) is 13.1 Å². The third-order valence-electron chi connectivity index (χ3n) is 6.86. The maximum atomic E-state index is 13.9. The van der Waals surface area contributed by atoms with Crippen molar-refractivity contribution in [2.45, 2.75) is 24.3 Å². The van der Waals surface area contributed by atoms with Crippen molar-refractivity contribution >= 4 is 11.9 Å². The predicted octanol–water partition coefficient (Wildman–Crippen LogP) is 3.21. The number of alkyl halides is 3. The summed E-state index contributed by atoms with van der Waals surface area (Å²) in [6.07, 6.45) is -3.67. The van der Waals surface area contributed by atoms with Gasteiger partial charge in [-0.3, -0.25) is 9.80 Å². The Morgan fingerprint density at radius 2 is 1.51 bits per heavy atom. The highest BCUT2D eigenvalue weighted by Gasteiger charge is 2.53. The van der Waals surface area contributed by atoms with Crippen LogP contribution in [-0.2, 0) is 30.8 Å². The fourth-order valence-corrected chi connectivity index (χ4v) is 5.28. The molecule has 2 unspecified atom stereocenters. The smallest absolute Gasteiger partial charge is 0.416 e. The largest absolute Gasteiger partial charge is 0.473 e. The molecular weight excluding hydrogens is 493 g/mol. The number of carboxylic acid groups (broad SMARTS) is 2. The van der Waals surface area contributed by atoms with Crippen LogP contribution in [0.25, 0.3) is 0 Å². The first-order valence-corrected chi connectivity index (χ1v) is 12.0. The molecule has 0 saturated carbocycles. The van der Waals surface area contributed by atoms with E-state index in [4.69, 9.17) is 29.3 Å². The third kappa shape index (κ3) is 5.96. The summed E-state index contributed by atoms with van der Waals surface area (Å²) in [6.45, 7) is 6.37. The Morgan fingerprint density at radius 3 is 2.16 bits per heavy atom. The molecule has 2 atom stereocenters. The van der Waals surface area contributed by atoms with Gasteiger partial charge in [-0.1, -0.05) is 42.5 Å². The molecule has 2 saturated heterocycles. The highest BCUT2D eigenvalue weighted by Crippen LogP contribution is 2.53. The van der Waals surface area contributed by atoms with Crippen molar-refractivity contribution in [3.05, 3.63) is 70.8 Å². The van der Waals surface area contributed by atoms with Gasteiger partial charge in [0.1, 0.15) is 5.60 Å². The number of morpholine rings is 2. The Balaban J connectivity index is 0.000000480. The zero-order chi connectivity index (χ0) is 26.6. The summed E-state index contributed by atoms with van der Waals surface area (Å²) in [4.78, 5) is 22.9. The topological polar surface area (TPSA) is 99.5 Å². The summed E-state index contributed by atoms with van der Waals surface area (Å²) in [6, 6.07) is 13.6. The fraction of sp³-hybridized carbons (Fsp3) is 0.462. The van der Waals surface area contributed by atoms with Gasteiger partial charge in [0.2, 0.25) is 0 Å². The van der Waals surface area contributed by atoms with Crippen molar-refractivity contribution < 1.29 is 42.4 Å². The van der Waals surface area contributed by atoms with Crippen LogP contribution in [0.3, 0.4) is 0 Å². The molecule has 3 heterocycles. The van der Waals surface area contributed by atoms with E-state index in [1.54, 1.807) is 12.1 Å². The van der Waals surface area contributed by atoms with E-state index in [1.165, 1.54) is 12.1 Å². The zero-order valence-corrected chi connectivity index (χ0v) is 20.1. The second-order valence-corrected chi connectivity index (χ2v) is 9.22. The quantitative estimate of drug-likeness (QED) is 0.578. The number of benzene rings is 2. The number of carbonyl (C=O) groups is 2. The monoisotopic (exact) mass is 522 g/mol. The second kappa shape index (κ2) is 11.2. The number of nitrogens with zero attached hydrogens (tertiary/aromatic N) is 2. The van der Waals surface area contributed by atoms with Gasteiger partial charge in [0.15, 0.2) is 0 Å². The molecule has 5 rings (SSSR count). The summed E-state index contributed by atoms with van der Waals surface area (Å²) in [7, 11) is 0. The van der Waals surface area contributed by atoms with Crippen LogP contribution in [0.5, 0.6) is 0 Å². The van der Waals surface area contributed by atoms with Crippen molar-refractivity contribution in [3.63, 3.8) is 0 Å². The van der Waals surface area contributed by atoms with E-state index in [2.05, 4.69) is 9.80 Å². The molecule has 11 heteroatoms. The van der Waals surface area contributed by atoms with E-state index < -0.39 is 29.3 Å². The maximum Gasteiger partial charge on any atom is 0.416 e. The average molecular weight is 523 g/mol. The van der Waals surface area contributed by atoms with Crippen LogP contribution in [0.1, 0.15) is 34.8 Å². The number of carboxylic acids is 2. The molecule has 3 aliphatic heterocycles. The summed E-state index contributed by atoms with van der Waals surface area (Å²) in [5.74, 6) is -3.65. The molecule has 200 valence electrons. The third-order valence-corrected chi connectivity index (χ3v) is 6.86. The van der Waals surface area contributed by atoms with Crippen LogP contribution >= 0.6 is 0 Å². The van der Waals surface area contributed by atoms with Crippen LogP contribution in [-0.4, -0.2) is 84.4 Å². The fourth-order valence-electron chi connectivity index (χ4n) is 5.28. The minimum absolute atomic E-state index is 0.213. The molecule has 2 bridgehead atoms. The predicted molar refractivity (Wildman–Crippen MR) is 126 cm³/mol. The molecule has 0 aromatic heterocycles.